The molecule has 0 aromatic carbocycles. The van der Waals surface area contributed by atoms with Crippen molar-refractivity contribution in [3.63, 3.8) is 0 Å². The fraction of sp³-hybridized carbons (Fsp3) is 0. The van der Waals surface area contributed by atoms with Gasteiger partial charge in [-0.2, -0.15) is 5.26 Å². The van der Waals surface area contributed by atoms with Crippen LogP contribution in [0.3, 0.4) is 0 Å². The molecule has 0 rings (SSSR count). The molecule has 0 amide bonds. The van der Waals surface area contributed by atoms with Gasteiger partial charge in [0.05, 0.1) is 0 Å². The molecule has 0 saturated heterocycles. The molecule has 0 fully saturated rings. The maximum atomic E-state index is 7.10. The van der Waals surface area contributed by atoms with Crippen LogP contribution in [-0.2, 0) is 19.5 Å². The van der Waals surface area contributed by atoms with E-state index in [0.717, 1.165) is 0 Å². The summed E-state index contributed by atoms with van der Waals surface area (Å²) in [4.78, 5) is 0. The van der Waals surface area contributed by atoms with E-state index >= 15 is 0 Å². The molecule has 2 nitrogen and oxygen atoms in total. The average molecular weight is 107 g/mol. The monoisotopic (exact) mass is 106 g/mol. The van der Waals surface area contributed by atoms with Crippen LogP contribution in [0.4, 0.5) is 0 Å². The molecule has 0 aliphatic carbocycles. The summed E-state index contributed by atoms with van der Waals surface area (Å²) in [6, 6.07) is 0. The Kier molecular flexibility index (Phi) is 29.0. The van der Waals surface area contributed by atoms with Gasteiger partial charge in [0, 0.05) is 19.5 Å². The van der Waals surface area contributed by atoms with E-state index in [4.69, 9.17) is 5.26 Å². The molecule has 0 heterocycles. The Morgan fingerprint density at radius 2 is 1.75 bits per heavy atom. The smallest absolute Gasteiger partial charge is 0.173 e. The van der Waals surface area contributed by atoms with E-state index in [0.29, 0.717) is 0 Å². The number of rotatable bonds is 0. The van der Waals surface area contributed by atoms with Crippen LogP contribution in [-0.4, -0.2) is 0 Å². The van der Waals surface area contributed by atoms with E-state index in [9.17, 15) is 0 Å². The van der Waals surface area contributed by atoms with E-state index < -0.39 is 0 Å². The van der Waals surface area contributed by atoms with Crippen molar-refractivity contribution >= 4 is 0 Å². The van der Waals surface area contributed by atoms with E-state index in [-0.39, 0.29) is 19.5 Å². The summed E-state index contributed by atoms with van der Waals surface area (Å²) in [5.41, 5.74) is 4.15. The summed E-state index contributed by atoms with van der Waals surface area (Å²) in [6.07, 6.45) is 1.25. The van der Waals surface area contributed by atoms with Crippen LogP contribution in [0.5, 0.6) is 0 Å². The standard InChI is InChI=1S/CH2N2.Zn/c2-1-3;/h2H2;. The Hall–Kier alpha value is -0.0866. The van der Waals surface area contributed by atoms with Crippen molar-refractivity contribution in [2.24, 2.45) is 5.73 Å². The molecule has 2 N–H and O–H groups in total. The quantitative estimate of drug-likeness (QED) is 0.256. The maximum Gasteiger partial charge on any atom is 0.173 e. The number of hydrogen-bond donors (Lipinski definition) is 1. The molecule has 0 aliphatic heterocycles. The van der Waals surface area contributed by atoms with Gasteiger partial charge in [0.15, 0.2) is 6.19 Å². The van der Waals surface area contributed by atoms with Gasteiger partial charge in [0.25, 0.3) is 0 Å². The first-order chi connectivity index (χ1) is 1.41. The van der Waals surface area contributed by atoms with Gasteiger partial charge in [0.1, 0.15) is 0 Å². The molecule has 0 atom stereocenters. The molecule has 0 unspecified atom stereocenters. The van der Waals surface area contributed by atoms with E-state index in [1.54, 1.807) is 0 Å². The van der Waals surface area contributed by atoms with E-state index in [1.165, 1.54) is 6.19 Å². The summed E-state index contributed by atoms with van der Waals surface area (Å²) in [6.45, 7) is 0. The fourth-order valence-electron chi connectivity index (χ4n) is 0. The predicted octanol–water partition coefficient (Wildman–Crippen LogP) is -0.576. The van der Waals surface area contributed by atoms with Gasteiger partial charge in [-0.3, -0.25) is 0 Å². The Morgan fingerprint density at radius 3 is 1.75 bits per heavy atom. The molecule has 0 aromatic heterocycles. The molecule has 0 saturated carbocycles. The molecular weight excluding hydrogens is 105 g/mol. The zero-order valence-corrected chi connectivity index (χ0v) is 5.20. The van der Waals surface area contributed by atoms with Gasteiger partial charge in [-0.15, -0.1) is 0 Å². The summed E-state index contributed by atoms with van der Waals surface area (Å²) in [7, 11) is 0. The zero-order valence-electron chi connectivity index (χ0n) is 2.23. The summed E-state index contributed by atoms with van der Waals surface area (Å²) in [5, 5.41) is 7.10. The third-order valence-corrected chi connectivity index (χ3v) is 0. The Bertz CT molecular complexity index is 27.5. The van der Waals surface area contributed by atoms with Gasteiger partial charge in [-0.1, -0.05) is 0 Å². The molecule has 18 valence electrons. The summed E-state index contributed by atoms with van der Waals surface area (Å²) in [5.74, 6) is 0. The maximum absolute atomic E-state index is 7.10. The second-order valence-electron chi connectivity index (χ2n) is 0.129. The minimum absolute atomic E-state index is 0. The molecule has 0 spiro atoms. The molecular formula is CH2N2Zn. The van der Waals surface area contributed by atoms with E-state index in [1.807, 2.05) is 0 Å². The van der Waals surface area contributed by atoms with Crippen LogP contribution in [0.2, 0.25) is 0 Å². The molecule has 0 aromatic rings. The van der Waals surface area contributed by atoms with Crippen molar-refractivity contribution in [3.05, 3.63) is 0 Å². The number of nitriles is 1. The second-order valence-corrected chi connectivity index (χ2v) is 0.129. The topological polar surface area (TPSA) is 49.8 Å². The summed E-state index contributed by atoms with van der Waals surface area (Å²) >= 11 is 0. The van der Waals surface area contributed by atoms with Crippen molar-refractivity contribution in [2.75, 3.05) is 0 Å². The second kappa shape index (κ2) is 12.8. The molecule has 0 radical (unpaired) electrons. The summed E-state index contributed by atoms with van der Waals surface area (Å²) < 4.78 is 0. The average Bonchev–Trinajstić information content (AvgIpc) is 0.918. The number of nitrogens with zero attached hydrogens (tertiary/aromatic N) is 1. The van der Waals surface area contributed by atoms with Crippen LogP contribution >= 0.6 is 0 Å². The largest absolute Gasteiger partial charge is 0.337 e. The third-order valence-electron chi connectivity index (χ3n) is 0. The van der Waals surface area contributed by atoms with Gasteiger partial charge in [0.2, 0.25) is 0 Å². The Morgan fingerprint density at radius 1 is 1.75 bits per heavy atom. The van der Waals surface area contributed by atoms with Gasteiger partial charge >= 0.3 is 0 Å². The molecule has 3 heteroatoms. The fourth-order valence-corrected chi connectivity index (χ4v) is 0. The van der Waals surface area contributed by atoms with Crippen LogP contribution in [0.25, 0.3) is 0 Å². The van der Waals surface area contributed by atoms with Crippen molar-refractivity contribution in [1.82, 2.24) is 0 Å². The third kappa shape index (κ3) is 213. The molecule has 4 heavy (non-hydrogen) atoms. The minimum atomic E-state index is 0. The van der Waals surface area contributed by atoms with Crippen molar-refractivity contribution in [2.45, 2.75) is 0 Å². The van der Waals surface area contributed by atoms with Crippen molar-refractivity contribution in [3.8, 4) is 6.19 Å². The normalized spacial score (nSPS) is 1.75. The molecule has 0 aliphatic rings. The molecule has 0 bridgehead atoms. The van der Waals surface area contributed by atoms with Gasteiger partial charge in [-0.25, -0.2) is 0 Å². The van der Waals surface area contributed by atoms with Crippen LogP contribution in [0, 0.1) is 11.5 Å². The first kappa shape index (κ1) is 9.07. The van der Waals surface area contributed by atoms with Gasteiger partial charge < -0.3 is 5.73 Å². The van der Waals surface area contributed by atoms with Crippen molar-refractivity contribution < 1.29 is 19.5 Å². The van der Waals surface area contributed by atoms with E-state index in [2.05, 4.69) is 5.73 Å². The van der Waals surface area contributed by atoms with Crippen LogP contribution in [0.1, 0.15) is 0 Å². The van der Waals surface area contributed by atoms with Crippen LogP contribution in [0.15, 0.2) is 0 Å². The minimum Gasteiger partial charge on any atom is -0.337 e. The van der Waals surface area contributed by atoms with Crippen LogP contribution < -0.4 is 5.73 Å². The number of nitrogens with two attached hydrogens (primary N) is 1. The zero-order chi connectivity index (χ0) is 2.71. The van der Waals surface area contributed by atoms with Crippen molar-refractivity contribution in [1.29, 1.82) is 5.26 Å². The predicted molar refractivity (Wildman–Crippen MR) is 9.80 cm³/mol. The SMILES string of the molecule is N#CN.[Zn]. The Balaban J connectivity index is 0. The number of hydrogen-bond acceptors (Lipinski definition) is 2. The first-order valence-corrected chi connectivity index (χ1v) is 0.512. The Labute approximate surface area is 37.4 Å². The van der Waals surface area contributed by atoms with Gasteiger partial charge in [-0.05, 0) is 0 Å². The first-order valence-electron chi connectivity index (χ1n) is 0.512.